The van der Waals surface area contributed by atoms with E-state index in [1.54, 1.807) is 60.7 Å². The fourth-order valence-corrected chi connectivity index (χ4v) is 3.66. The number of hydrogen-bond acceptors (Lipinski definition) is 5. The van der Waals surface area contributed by atoms with Gasteiger partial charge < -0.3 is 14.1 Å². The molecule has 7 nitrogen and oxygen atoms in total. The van der Waals surface area contributed by atoms with Gasteiger partial charge in [0.2, 0.25) is 5.91 Å². The van der Waals surface area contributed by atoms with Crippen LogP contribution in [0.25, 0.3) is 0 Å². The highest BCUT2D eigenvalue weighted by molar-refractivity contribution is 6.31. The molecule has 2 heterocycles. The number of anilines is 1. The molecule has 2 aromatic carbocycles. The normalized spacial score (nSPS) is 15.9. The fourth-order valence-electron chi connectivity index (χ4n) is 3.54. The van der Waals surface area contributed by atoms with Crippen molar-refractivity contribution in [1.29, 1.82) is 0 Å². The average Bonchev–Trinajstić information content (AvgIpc) is 3.40. The van der Waals surface area contributed by atoms with E-state index in [0.717, 1.165) is 4.90 Å². The summed E-state index contributed by atoms with van der Waals surface area (Å²) < 4.78 is 10.6. The van der Waals surface area contributed by atoms with Gasteiger partial charge in [-0.15, -0.1) is 0 Å². The third-order valence-electron chi connectivity index (χ3n) is 5.07. The van der Waals surface area contributed by atoms with E-state index in [0.29, 0.717) is 27.8 Å². The van der Waals surface area contributed by atoms with Gasteiger partial charge in [0.1, 0.15) is 17.6 Å². The Morgan fingerprint density at radius 2 is 1.94 bits per heavy atom. The standard InChI is InChI=1S/C23H19ClN2O5/c1-30-18-5-2-4-15(12-18)22(28)25(14-19-6-3-11-31-19)20-13-21(27)26(23(20)29)17-9-7-16(24)8-10-17/h2-12,20H,13-14H2,1H3. The predicted molar refractivity (Wildman–Crippen MR) is 114 cm³/mol. The third-order valence-corrected chi connectivity index (χ3v) is 5.32. The first-order valence-corrected chi connectivity index (χ1v) is 9.95. The van der Waals surface area contributed by atoms with Gasteiger partial charge in [-0.05, 0) is 54.6 Å². The van der Waals surface area contributed by atoms with Crippen molar-refractivity contribution in [1.82, 2.24) is 4.90 Å². The Kier molecular flexibility index (Phi) is 5.77. The van der Waals surface area contributed by atoms with Gasteiger partial charge in [0.15, 0.2) is 0 Å². The van der Waals surface area contributed by atoms with E-state index in [9.17, 15) is 14.4 Å². The summed E-state index contributed by atoms with van der Waals surface area (Å²) in [6.45, 7) is 0.0428. The molecule has 1 aliphatic rings. The molecule has 1 aliphatic heterocycles. The molecule has 0 bridgehead atoms. The lowest BCUT2D eigenvalue weighted by Crippen LogP contribution is -2.45. The molecule has 3 aromatic rings. The van der Waals surface area contributed by atoms with Gasteiger partial charge in [0.25, 0.3) is 11.8 Å². The number of hydrogen-bond donors (Lipinski definition) is 0. The summed E-state index contributed by atoms with van der Waals surface area (Å²) >= 11 is 5.92. The summed E-state index contributed by atoms with van der Waals surface area (Å²) in [6, 6.07) is 15.5. The van der Waals surface area contributed by atoms with E-state index >= 15 is 0 Å². The molecule has 0 N–H and O–H groups in total. The van der Waals surface area contributed by atoms with Gasteiger partial charge in [-0.25, -0.2) is 4.90 Å². The maximum Gasteiger partial charge on any atom is 0.257 e. The summed E-state index contributed by atoms with van der Waals surface area (Å²) in [4.78, 5) is 41.8. The zero-order chi connectivity index (χ0) is 22.0. The monoisotopic (exact) mass is 438 g/mol. The van der Waals surface area contributed by atoms with Crippen molar-refractivity contribution >= 4 is 35.0 Å². The van der Waals surface area contributed by atoms with Crippen molar-refractivity contribution < 1.29 is 23.5 Å². The van der Waals surface area contributed by atoms with Crippen molar-refractivity contribution in [2.75, 3.05) is 12.0 Å². The number of carbonyl (C=O) groups is 3. The molecule has 0 radical (unpaired) electrons. The number of ether oxygens (including phenoxy) is 1. The van der Waals surface area contributed by atoms with Crippen LogP contribution in [0.3, 0.4) is 0 Å². The third kappa shape index (κ3) is 4.18. The number of amides is 3. The largest absolute Gasteiger partial charge is 0.497 e. The van der Waals surface area contributed by atoms with Crippen molar-refractivity contribution in [3.8, 4) is 5.75 Å². The Bertz CT molecular complexity index is 1110. The summed E-state index contributed by atoms with van der Waals surface area (Å²) in [5.41, 5.74) is 0.754. The van der Waals surface area contributed by atoms with Gasteiger partial charge in [0, 0.05) is 10.6 Å². The molecule has 1 fully saturated rings. The molecule has 1 saturated heterocycles. The number of halogens is 1. The van der Waals surface area contributed by atoms with Crippen molar-refractivity contribution in [3.05, 3.63) is 83.3 Å². The Hall–Kier alpha value is -3.58. The van der Waals surface area contributed by atoms with E-state index < -0.39 is 17.9 Å². The van der Waals surface area contributed by atoms with Crippen LogP contribution in [0.5, 0.6) is 5.75 Å². The quantitative estimate of drug-likeness (QED) is 0.545. The van der Waals surface area contributed by atoms with Gasteiger partial charge in [-0.1, -0.05) is 17.7 Å². The summed E-state index contributed by atoms with van der Waals surface area (Å²) in [5, 5.41) is 0.493. The first kappa shape index (κ1) is 20.7. The summed E-state index contributed by atoms with van der Waals surface area (Å²) in [6.07, 6.45) is 1.36. The van der Waals surface area contributed by atoms with E-state index in [-0.39, 0.29) is 18.9 Å². The van der Waals surface area contributed by atoms with Crippen LogP contribution in [-0.2, 0) is 16.1 Å². The zero-order valence-corrected chi connectivity index (χ0v) is 17.4. The zero-order valence-electron chi connectivity index (χ0n) is 16.7. The first-order valence-electron chi connectivity index (χ1n) is 9.57. The van der Waals surface area contributed by atoms with Crippen LogP contribution in [0.2, 0.25) is 5.02 Å². The van der Waals surface area contributed by atoms with Gasteiger partial charge in [-0.2, -0.15) is 0 Å². The van der Waals surface area contributed by atoms with Crippen LogP contribution in [0, 0.1) is 0 Å². The van der Waals surface area contributed by atoms with Crippen LogP contribution in [0.1, 0.15) is 22.5 Å². The van der Waals surface area contributed by atoms with Crippen LogP contribution in [0.4, 0.5) is 5.69 Å². The molecule has 1 aromatic heterocycles. The molecular weight excluding hydrogens is 420 g/mol. The minimum Gasteiger partial charge on any atom is -0.497 e. The Balaban J connectivity index is 1.68. The second-order valence-corrected chi connectivity index (χ2v) is 7.44. The Labute approximate surface area is 183 Å². The number of rotatable bonds is 6. The number of benzene rings is 2. The molecule has 3 amide bonds. The molecule has 158 valence electrons. The minimum atomic E-state index is -0.966. The second kappa shape index (κ2) is 8.65. The SMILES string of the molecule is COc1cccc(C(=O)N(Cc2ccco2)C2CC(=O)N(c3ccc(Cl)cc3)C2=O)c1. The predicted octanol–water partition coefficient (Wildman–Crippen LogP) is 3.92. The van der Waals surface area contributed by atoms with Crippen LogP contribution in [-0.4, -0.2) is 35.8 Å². The van der Waals surface area contributed by atoms with Gasteiger partial charge in [-0.3, -0.25) is 14.4 Å². The van der Waals surface area contributed by atoms with Crippen molar-refractivity contribution in [3.63, 3.8) is 0 Å². The molecule has 0 spiro atoms. The van der Waals surface area contributed by atoms with Gasteiger partial charge in [0.05, 0.1) is 32.0 Å². The Morgan fingerprint density at radius 1 is 1.16 bits per heavy atom. The summed E-state index contributed by atoms with van der Waals surface area (Å²) in [7, 11) is 1.51. The lowest BCUT2D eigenvalue weighted by atomic mass is 10.1. The second-order valence-electron chi connectivity index (χ2n) is 7.01. The molecule has 31 heavy (non-hydrogen) atoms. The number of imide groups is 1. The molecule has 1 atom stereocenters. The average molecular weight is 439 g/mol. The lowest BCUT2D eigenvalue weighted by molar-refractivity contribution is -0.122. The highest BCUT2D eigenvalue weighted by Crippen LogP contribution is 2.29. The maximum atomic E-state index is 13.4. The number of nitrogens with zero attached hydrogens (tertiary/aromatic N) is 2. The fraction of sp³-hybridized carbons (Fsp3) is 0.174. The van der Waals surface area contributed by atoms with Crippen LogP contribution in [0.15, 0.2) is 71.3 Å². The van der Waals surface area contributed by atoms with Crippen LogP contribution >= 0.6 is 11.6 Å². The lowest BCUT2D eigenvalue weighted by Gasteiger charge is -2.27. The molecule has 0 aliphatic carbocycles. The van der Waals surface area contributed by atoms with E-state index in [4.69, 9.17) is 20.8 Å². The molecular formula is C23H19ClN2O5. The van der Waals surface area contributed by atoms with Crippen molar-refractivity contribution in [2.24, 2.45) is 0 Å². The molecule has 8 heteroatoms. The molecule has 1 unspecified atom stereocenters. The topological polar surface area (TPSA) is 80.1 Å². The van der Waals surface area contributed by atoms with Crippen molar-refractivity contribution in [2.45, 2.75) is 19.0 Å². The van der Waals surface area contributed by atoms with Gasteiger partial charge >= 0.3 is 0 Å². The van der Waals surface area contributed by atoms with E-state index in [2.05, 4.69) is 0 Å². The first-order chi connectivity index (χ1) is 15.0. The highest BCUT2D eigenvalue weighted by Gasteiger charge is 2.44. The smallest absolute Gasteiger partial charge is 0.257 e. The number of carbonyl (C=O) groups excluding carboxylic acids is 3. The van der Waals surface area contributed by atoms with E-state index in [1.165, 1.54) is 18.3 Å². The van der Waals surface area contributed by atoms with Crippen LogP contribution < -0.4 is 9.64 Å². The highest BCUT2D eigenvalue weighted by atomic mass is 35.5. The maximum absolute atomic E-state index is 13.4. The number of furan rings is 1. The minimum absolute atomic E-state index is 0.0428. The Morgan fingerprint density at radius 3 is 2.61 bits per heavy atom. The van der Waals surface area contributed by atoms with E-state index in [1.807, 2.05) is 0 Å². The number of methoxy groups -OCH3 is 1. The molecule has 0 saturated carbocycles. The molecule has 4 rings (SSSR count). The summed E-state index contributed by atoms with van der Waals surface area (Å²) in [5.74, 6) is -0.253.